The van der Waals surface area contributed by atoms with Crippen LogP contribution >= 0.6 is 0 Å². The second kappa shape index (κ2) is 8.41. The summed E-state index contributed by atoms with van der Waals surface area (Å²) in [5, 5.41) is 14.3. The standard InChI is InChI=1S/C14H20N2O4S/c1-10(8-9-21(2)20)15-14(19)16-12(13(17)18)11-6-4-3-5-7-11/h3-7,10,12H,8-9H2,1-2H3,(H,17,18)(H2,15,16,19)/t10?,12-,21?/m0/s1. The highest BCUT2D eigenvalue weighted by atomic mass is 32.2. The lowest BCUT2D eigenvalue weighted by molar-refractivity contribution is -0.139. The lowest BCUT2D eigenvalue weighted by atomic mass is 10.1. The van der Waals surface area contributed by atoms with E-state index >= 15 is 0 Å². The number of amides is 2. The van der Waals surface area contributed by atoms with Gasteiger partial charge in [-0.05, 0) is 18.9 Å². The first kappa shape index (κ1) is 17.2. The van der Waals surface area contributed by atoms with Crippen molar-refractivity contribution in [2.45, 2.75) is 25.4 Å². The van der Waals surface area contributed by atoms with Gasteiger partial charge in [-0.2, -0.15) is 0 Å². The topological polar surface area (TPSA) is 95.5 Å². The van der Waals surface area contributed by atoms with Gasteiger partial charge < -0.3 is 15.7 Å². The summed E-state index contributed by atoms with van der Waals surface area (Å²) < 4.78 is 11.0. The van der Waals surface area contributed by atoms with E-state index in [4.69, 9.17) is 0 Å². The number of aliphatic carboxylic acids is 1. The molecule has 0 heterocycles. The third-order valence-electron chi connectivity index (χ3n) is 2.87. The van der Waals surface area contributed by atoms with Crippen LogP contribution in [0, 0.1) is 0 Å². The Kier molecular flexibility index (Phi) is 6.87. The van der Waals surface area contributed by atoms with E-state index in [1.54, 1.807) is 43.5 Å². The maximum absolute atomic E-state index is 11.8. The monoisotopic (exact) mass is 312 g/mol. The van der Waals surface area contributed by atoms with Crippen LogP contribution < -0.4 is 10.6 Å². The molecule has 21 heavy (non-hydrogen) atoms. The Labute approximate surface area is 126 Å². The first-order valence-electron chi connectivity index (χ1n) is 6.55. The summed E-state index contributed by atoms with van der Waals surface area (Å²) >= 11 is 0. The van der Waals surface area contributed by atoms with Crippen LogP contribution in [-0.4, -0.2) is 39.4 Å². The minimum absolute atomic E-state index is 0.181. The summed E-state index contributed by atoms with van der Waals surface area (Å²) in [4.78, 5) is 23.1. The molecule has 0 fully saturated rings. The lowest BCUT2D eigenvalue weighted by Crippen LogP contribution is -2.44. The Balaban J connectivity index is 2.58. The SMILES string of the molecule is CC(CCS(C)=O)NC(=O)N[C@H](C(=O)O)c1ccccc1. The smallest absolute Gasteiger partial charge is 0.330 e. The Morgan fingerprint density at radius 3 is 2.38 bits per heavy atom. The fraction of sp³-hybridized carbons (Fsp3) is 0.429. The van der Waals surface area contributed by atoms with Crippen molar-refractivity contribution in [2.75, 3.05) is 12.0 Å². The molecule has 2 unspecified atom stereocenters. The van der Waals surface area contributed by atoms with E-state index < -0.39 is 28.8 Å². The molecule has 0 saturated heterocycles. The molecule has 6 nitrogen and oxygen atoms in total. The molecule has 0 radical (unpaired) electrons. The number of nitrogens with one attached hydrogen (secondary N) is 2. The summed E-state index contributed by atoms with van der Waals surface area (Å²) in [7, 11) is -0.915. The molecule has 1 aromatic rings. The second-order valence-corrected chi connectivity index (χ2v) is 6.32. The van der Waals surface area contributed by atoms with E-state index in [9.17, 15) is 18.9 Å². The molecule has 116 valence electrons. The zero-order chi connectivity index (χ0) is 15.8. The molecular weight excluding hydrogens is 292 g/mol. The number of carbonyl (C=O) groups is 2. The van der Waals surface area contributed by atoms with Gasteiger partial charge in [-0.3, -0.25) is 4.21 Å². The summed E-state index contributed by atoms with van der Waals surface area (Å²) in [6.45, 7) is 1.78. The molecule has 1 rings (SSSR count). The van der Waals surface area contributed by atoms with Crippen LogP contribution in [0.1, 0.15) is 24.9 Å². The van der Waals surface area contributed by atoms with Crippen molar-refractivity contribution in [2.24, 2.45) is 0 Å². The number of hydrogen-bond acceptors (Lipinski definition) is 3. The molecular formula is C14H20N2O4S. The van der Waals surface area contributed by atoms with Gasteiger partial charge in [0.15, 0.2) is 6.04 Å². The molecule has 0 aliphatic heterocycles. The van der Waals surface area contributed by atoms with Gasteiger partial charge in [0.1, 0.15) is 0 Å². The van der Waals surface area contributed by atoms with Crippen molar-refractivity contribution < 1.29 is 18.9 Å². The van der Waals surface area contributed by atoms with Gasteiger partial charge in [0.05, 0.1) is 0 Å². The minimum Gasteiger partial charge on any atom is -0.479 e. The van der Waals surface area contributed by atoms with Crippen LogP contribution in [0.5, 0.6) is 0 Å². The Bertz CT molecular complexity index is 507. The fourth-order valence-electron chi connectivity index (χ4n) is 1.74. The number of rotatable bonds is 7. The highest BCUT2D eigenvalue weighted by molar-refractivity contribution is 7.84. The highest BCUT2D eigenvalue weighted by Gasteiger charge is 2.22. The molecule has 1 aromatic carbocycles. The molecule has 0 aromatic heterocycles. The Hall–Kier alpha value is -1.89. The molecule has 7 heteroatoms. The van der Waals surface area contributed by atoms with Crippen LogP contribution in [0.15, 0.2) is 30.3 Å². The molecule has 0 aliphatic carbocycles. The van der Waals surface area contributed by atoms with Crippen LogP contribution in [0.4, 0.5) is 4.79 Å². The van der Waals surface area contributed by atoms with Gasteiger partial charge in [-0.15, -0.1) is 0 Å². The largest absolute Gasteiger partial charge is 0.479 e. The molecule has 0 bridgehead atoms. The summed E-state index contributed by atoms with van der Waals surface area (Å²) in [6.07, 6.45) is 2.17. The van der Waals surface area contributed by atoms with E-state index in [-0.39, 0.29) is 6.04 Å². The lowest BCUT2D eigenvalue weighted by Gasteiger charge is -2.18. The van der Waals surface area contributed by atoms with Gasteiger partial charge in [0, 0.05) is 28.9 Å². The quantitative estimate of drug-likeness (QED) is 0.706. The average molecular weight is 312 g/mol. The molecule has 3 N–H and O–H groups in total. The zero-order valence-corrected chi connectivity index (χ0v) is 12.9. The molecule has 0 spiro atoms. The maximum atomic E-state index is 11.8. The first-order chi connectivity index (χ1) is 9.90. The molecule has 2 amide bonds. The fourth-order valence-corrected chi connectivity index (χ4v) is 2.43. The number of carboxylic acid groups (broad SMARTS) is 1. The third-order valence-corrected chi connectivity index (χ3v) is 3.68. The predicted octanol–water partition coefficient (Wildman–Crippen LogP) is 1.27. The van der Waals surface area contributed by atoms with Gasteiger partial charge in [-0.1, -0.05) is 30.3 Å². The number of benzene rings is 1. The molecule has 0 aliphatic rings. The number of carboxylic acids is 1. The minimum atomic E-state index is -1.13. The number of urea groups is 1. The summed E-state index contributed by atoms with van der Waals surface area (Å²) in [5.41, 5.74) is 0.502. The van der Waals surface area contributed by atoms with E-state index in [0.29, 0.717) is 17.7 Å². The van der Waals surface area contributed by atoms with Gasteiger partial charge in [-0.25, -0.2) is 9.59 Å². The van der Waals surface area contributed by atoms with Crippen LogP contribution in [-0.2, 0) is 15.6 Å². The average Bonchev–Trinajstić information content (AvgIpc) is 2.43. The van der Waals surface area contributed by atoms with Crippen LogP contribution in [0.2, 0.25) is 0 Å². The van der Waals surface area contributed by atoms with Crippen molar-refractivity contribution in [3.63, 3.8) is 0 Å². The van der Waals surface area contributed by atoms with E-state index in [1.807, 2.05) is 0 Å². The van der Waals surface area contributed by atoms with Gasteiger partial charge >= 0.3 is 12.0 Å². The second-order valence-electron chi connectivity index (χ2n) is 4.77. The predicted molar refractivity (Wildman–Crippen MR) is 81.5 cm³/mol. The Morgan fingerprint density at radius 1 is 1.24 bits per heavy atom. The van der Waals surface area contributed by atoms with E-state index in [1.165, 1.54) is 0 Å². The zero-order valence-electron chi connectivity index (χ0n) is 12.0. The third kappa shape index (κ3) is 6.40. The summed E-state index contributed by atoms with van der Waals surface area (Å²) in [5.74, 6) is -0.638. The maximum Gasteiger partial charge on any atom is 0.330 e. The van der Waals surface area contributed by atoms with Crippen LogP contribution in [0.3, 0.4) is 0 Å². The van der Waals surface area contributed by atoms with Crippen molar-refractivity contribution in [3.8, 4) is 0 Å². The summed E-state index contributed by atoms with van der Waals surface area (Å²) in [6, 6.07) is 6.65. The Morgan fingerprint density at radius 2 is 1.86 bits per heavy atom. The van der Waals surface area contributed by atoms with Crippen molar-refractivity contribution in [1.82, 2.24) is 10.6 Å². The van der Waals surface area contributed by atoms with E-state index in [2.05, 4.69) is 10.6 Å². The highest BCUT2D eigenvalue weighted by Crippen LogP contribution is 2.12. The van der Waals surface area contributed by atoms with Crippen molar-refractivity contribution >= 4 is 22.8 Å². The van der Waals surface area contributed by atoms with Crippen molar-refractivity contribution in [1.29, 1.82) is 0 Å². The first-order valence-corrected chi connectivity index (χ1v) is 8.27. The van der Waals surface area contributed by atoms with Gasteiger partial charge in [0.2, 0.25) is 0 Å². The van der Waals surface area contributed by atoms with Crippen LogP contribution in [0.25, 0.3) is 0 Å². The molecule has 3 atom stereocenters. The van der Waals surface area contributed by atoms with E-state index in [0.717, 1.165) is 0 Å². The number of hydrogen-bond donors (Lipinski definition) is 3. The van der Waals surface area contributed by atoms with Gasteiger partial charge in [0.25, 0.3) is 0 Å². The number of carbonyl (C=O) groups excluding carboxylic acids is 1. The molecule has 0 saturated carbocycles. The normalized spacial score (nSPS) is 14.8. The van der Waals surface area contributed by atoms with Crippen molar-refractivity contribution in [3.05, 3.63) is 35.9 Å².